The van der Waals surface area contributed by atoms with Crippen LogP contribution in [-0.4, -0.2) is 53.1 Å². The highest BCUT2D eigenvalue weighted by molar-refractivity contribution is 7.89. The Morgan fingerprint density at radius 2 is 1.83 bits per heavy atom. The van der Waals surface area contributed by atoms with Crippen LogP contribution in [0, 0.1) is 0 Å². The first kappa shape index (κ1) is 22.9. The van der Waals surface area contributed by atoms with Crippen molar-refractivity contribution < 1.29 is 13.2 Å². The molecule has 2 rings (SSSR count). The quantitative estimate of drug-likeness (QED) is 0.351. The lowest BCUT2D eigenvalue weighted by atomic mass is 10.2. The van der Waals surface area contributed by atoms with Gasteiger partial charge >= 0.3 is 0 Å². The first-order chi connectivity index (χ1) is 14.0. The maximum atomic E-state index is 12.4. The number of methoxy groups -OCH3 is 1. The molecule has 0 fully saturated rings. The third-order valence-electron chi connectivity index (χ3n) is 4.18. The highest BCUT2D eigenvalue weighted by atomic mass is 32.2. The van der Waals surface area contributed by atoms with Crippen LogP contribution in [0.2, 0.25) is 0 Å². The Morgan fingerprint density at radius 1 is 1.10 bits per heavy atom. The first-order valence-electron chi connectivity index (χ1n) is 9.57. The van der Waals surface area contributed by atoms with E-state index in [9.17, 15) is 8.42 Å². The molecular weight excluding hydrogens is 388 g/mol. The highest BCUT2D eigenvalue weighted by Crippen LogP contribution is 2.13. The van der Waals surface area contributed by atoms with E-state index in [2.05, 4.69) is 27.2 Å². The summed E-state index contributed by atoms with van der Waals surface area (Å²) >= 11 is 0. The molecule has 0 atom stereocenters. The van der Waals surface area contributed by atoms with Crippen LogP contribution in [0.25, 0.3) is 0 Å². The third-order valence-corrected chi connectivity index (χ3v) is 5.64. The molecule has 0 saturated heterocycles. The number of nitrogens with one attached hydrogen (secondary N) is 2. The van der Waals surface area contributed by atoms with Crippen molar-refractivity contribution in [2.75, 3.05) is 33.9 Å². The van der Waals surface area contributed by atoms with Gasteiger partial charge in [-0.25, -0.2) is 18.1 Å². The van der Waals surface area contributed by atoms with Gasteiger partial charge < -0.3 is 15.0 Å². The van der Waals surface area contributed by atoms with Crippen molar-refractivity contribution in [1.82, 2.24) is 14.9 Å². The largest absolute Gasteiger partial charge is 0.383 e. The fourth-order valence-electron chi connectivity index (χ4n) is 2.74. The summed E-state index contributed by atoms with van der Waals surface area (Å²) in [4.78, 5) is 6.95. The van der Waals surface area contributed by atoms with E-state index in [1.165, 1.54) is 12.7 Å². The summed E-state index contributed by atoms with van der Waals surface area (Å²) in [6, 6.07) is 17.0. The Kier molecular flexibility index (Phi) is 9.11. The number of rotatable bonds is 10. The number of ether oxygens (including phenoxy) is 1. The minimum atomic E-state index is -3.57. The zero-order valence-corrected chi connectivity index (χ0v) is 18.1. The number of hydrogen-bond acceptors (Lipinski definition) is 4. The third kappa shape index (κ3) is 7.49. The van der Waals surface area contributed by atoms with Crippen LogP contribution in [0.5, 0.6) is 0 Å². The molecule has 0 radical (unpaired) electrons. The molecular formula is C21H30N4O3S. The molecule has 2 aromatic rings. The van der Waals surface area contributed by atoms with E-state index in [1.54, 1.807) is 18.2 Å². The Balaban J connectivity index is 2.10. The summed E-state index contributed by atoms with van der Waals surface area (Å²) in [6.07, 6.45) is 0. The van der Waals surface area contributed by atoms with Gasteiger partial charge in [0.25, 0.3) is 0 Å². The fraction of sp³-hybridized carbons (Fsp3) is 0.381. The Labute approximate surface area is 173 Å². The minimum Gasteiger partial charge on any atom is -0.383 e. The number of aliphatic imine (C=N–C) groups is 1. The summed E-state index contributed by atoms with van der Waals surface area (Å²) in [6.45, 7) is 4.42. The van der Waals surface area contributed by atoms with E-state index >= 15 is 0 Å². The molecule has 0 unspecified atom stereocenters. The Morgan fingerprint density at radius 3 is 2.52 bits per heavy atom. The van der Waals surface area contributed by atoms with E-state index in [1.807, 2.05) is 43.1 Å². The van der Waals surface area contributed by atoms with Crippen molar-refractivity contribution in [3.8, 4) is 0 Å². The van der Waals surface area contributed by atoms with Crippen LogP contribution in [0.15, 0.2) is 64.5 Å². The van der Waals surface area contributed by atoms with Crippen LogP contribution in [0.3, 0.4) is 0 Å². The van der Waals surface area contributed by atoms with Gasteiger partial charge in [0.2, 0.25) is 10.0 Å². The summed E-state index contributed by atoms with van der Waals surface area (Å²) in [5, 5.41) is 3.28. The predicted octanol–water partition coefficient (Wildman–Crippen LogP) is 2.21. The van der Waals surface area contributed by atoms with Gasteiger partial charge in [-0.1, -0.05) is 42.5 Å². The molecule has 8 heteroatoms. The van der Waals surface area contributed by atoms with Gasteiger partial charge in [-0.15, -0.1) is 0 Å². The number of sulfonamides is 1. The standard InChI is InChI=1S/C21H30N4O3S/c1-4-22-21(25(2)17-18-9-6-5-7-10-18)23-16-19-11-8-12-20(15-19)29(26,27)24-13-14-28-3/h5-12,15,24H,4,13-14,16-17H2,1-3H3,(H,22,23). The molecule has 158 valence electrons. The van der Waals surface area contributed by atoms with Crippen LogP contribution in [0.1, 0.15) is 18.1 Å². The predicted molar refractivity (Wildman–Crippen MR) is 116 cm³/mol. The van der Waals surface area contributed by atoms with Gasteiger partial charge in [0, 0.05) is 33.8 Å². The van der Waals surface area contributed by atoms with Crippen molar-refractivity contribution in [3.63, 3.8) is 0 Å². The van der Waals surface area contributed by atoms with Crippen molar-refractivity contribution >= 4 is 16.0 Å². The second kappa shape index (κ2) is 11.5. The van der Waals surface area contributed by atoms with Gasteiger partial charge in [0.1, 0.15) is 0 Å². The molecule has 29 heavy (non-hydrogen) atoms. The second-order valence-corrected chi connectivity index (χ2v) is 8.32. The Bertz CT molecular complexity index is 886. The molecule has 0 saturated carbocycles. The fourth-order valence-corrected chi connectivity index (χ4v) is 3.82. The second-order valence-electron chi connectivity index (χ2n) is 6.55. The molecule has 0 heterocycles. The van der Waals surface area contributed by atoms with E-state index in [-0.39, 0.29) is 11.4 Å². The van der Waals surface area contributed by atoms with Gasteiger partial charge in [-0.2, -0.15) is 0 Å². The average Bonchev–Trinajstić information content (AvgIpc) is 2.72. The van der Waals surface area contributed by atoms with E-state index in [4.69, 9.17) is 4.74 Å². The topological polar surface area (TPSA) is 83.0 Å². The summed E-state index contributed by atoms with van der Waals surface area (Å²) in [5.41, 5.74) is 2.01. The van der Waals surface area contributed by atoms with Crippen LogP contribution in [-0.2, 0) is 27.8 Å². The maximum absolute atomic E-state index is 12.4. The lowest BCUT2D eigenvalue weighted by molar-refractivity contribution is 0.204. The molecule has 2 aromatic carbocycles. The smallest absolute Gasteiger partial charge is 0.240 e. The van der Waals surface area contributed by atoms with Crippen molar-refractivity contribution in [2.45, 2.75) is 24.9 Å². The highest BCUT2D eigenvalue weighted by Gasteiger charge is 2.14. The molecule has 0 aliphatic heterocycles. The van der Waals surface area contributed by atoms with Crippen molar-refractivity contribution in [2.24, 2.45) is 4.99 Å². The van der Waals surface area contributed by atoms with Gasteiger partial charge in [-0.05, 0) is 30.2 Å². The maximum Gasteiger partial charge on any atom is 0.240 e. The molecule has 0 spiro atoms. The number of guanidine groups is 1. The monoisotopic (exact) mass is 418 g/mol. The lowest BCUT2D eigenvalue weighted by Crippen LogP contribution is -2.38. The zero-order chi connectivity index (χ0) is 21.1. The number of nitrogens with zero attached hydrogens (tertiary/aromatic N) is 2. The number of benzene rings is 2. The van der Waals surface area contributed by atoms with Crippen LogP contribution in [0.4, 0.5) is 0 Å². The summed E-state index contributed by atoms with van der Waals surface area (Å²) in [7, 11) is -0.0527. The normalized spacial score (nSPS) is 12.0. The van der Waals surface area contributed by atoms with Crippen LogP contribution < -0.4 is 10.0 Å². The molecule has 0 aliphatic carbocycles. The SMILES string of the molecule is CCNC(=NCc1cccc(S(=O)(=O)NCCOC)c1)N(C)Cc1ccccc1. The molecule has 0 amide bonds. The Hall–Kier alpha value is -2.42. The van der Waals surface area contributed by atoms with Gasteiger partial charge in [0.05, 0.1) is 18.0 Å². The van der Waals surface area contributed by atoms with Gasteiger partial charge in [0.15, 0.2) is 5.96 Å². The minimum absolute atomic E-state index is 0.226. The summed E-state index contributed by atoms with van der Waals surface area (Å²) in [5.74, 6) is 0.767. The van der Waals surface area contributed by atoms with Gasteiger partial charge in [-0.3, -0.25) is 0 Å². The molecule has 0 bridgehead atoms. The number of hydrogen-bond donors (Lipinski definition) is 2. The molecule has 7 nitrogen and oxygen atoms in total. The van der Waals surface area contributed by atoms with E-state index in [0.29, 0.717) is 13.2 Å². The summed E-state index contributed by atoms with van der Waals surface area (Å²) < 4.78 is 32.2. The lowest BCUT2D eigenvalue weighted by Gasteiger charge is -2.22. The van der Waals surface area contributed by atoms with Crippen molar-refractivity contribution in [3.05, 3.63) is 65.7 Å². The molecule has 0 aromatic heterocycles. The van der Waals surface area contributed by atoms with E-state index < -0.39 is 10.0 Å². The van der Waals surface area contributed by atoms with Crippen molar-refractivity contribution in [1.29, 1.82) is 0 Å². The van der Waals surface area contributed by atoms with E-state index in [0.717, 1.165) is 24.6 Å². The first-order valence-corrected chi connectivity index (χ1v) is 11.1. The average molecular weight is 419 g/mol. The van der Waals surface area contributed by atoms with Crippen LogP contribution >= 0.6 is 0 Å². The zero-order valence-electron chi connectivity index (χ0n) is 17.3. The molecule has 2 N–H and O–H groups in total. The molecule has 0 aliphatic rings.